The van der Waals surface area contributed by atoms with Gasteiger partial charge in [-0.1, -0.05) is 31.2 Å². The Bertz CT molecular complexity index is 692. The number of aliphatic hydroxyl groups is 1. The van der Waals surface area contributed by atoms with Gasteiger partial charge in [-0.25, -0.2) is 4.39 Å². The van der Waals surface area contributed by atoms with Crippen molar-refractivity contribution in [2.24, 2.45) is 0 Å². The summed E-state index contributed by atoms with van der Waals surface area (Å²) in [4.78, 5) is 2.13. The smallest absolute Gasteiger partial charge is 0.123 e. The monoisotopic (exact) mass is 359 g/mol. The van der Waals surface area contributed by atoms with Gasteiger partial charge in [0.15, 0.2) is 0 Å². The zero-order chi connectivity index (χ0) is 18.4. The summed E-state index contributed by atoms with van der Waals surface area (Å²) in [5.41, 5.74) is 2.09. The van der Waals surface area contributed by atoms with E-state index in [1.807, 2.05) is 30.3 Å². The lowest BCUT2D eigenvalue weighted by Gasteiger charge is -2.34. The lowest BCUT2D eigenvalue weighted by molar-refractivity contribution is -0.0460. The molecule has 1 saturated heterocycles. The number of halogens is 1. The average molecular weight is 359 g/mol. The first-order valence-electron chi connectivity index (χ1n) is 9.13. The third-order valence-corrected chi connectivity index (χ3v) is 4.61. The van der Waals surface area contributed by atoms with Crippen LogP contribution in [0, 0.1) is 5.82 Å². The summed E-state index contributed by atoms with van der Waals surface area (Å²) in [6.45, 7) is 4.79. The van der Waals surface area contributed by atoms with Gasteiger partial charge in [0.2, 0.25) is 0 Å². The first-order chi connectivity index (χ1) is 12.6. The van der Waals surface area contributed by atoms with Crippen LogP contribution >= 0.6 is 0 Å². The molecule has 0 spiro atoms. The third-order valence-electron chi connectivity index (χ3n) is 4.61. The van der Waals surface area contributed by atoms with Crippen molar-refractivity contribution in [2.45, 2.75) is 25.6 Å². The van der Waals surface area contributed by atoms with Crippen LogP contribution in [0.3, 0.4) is 0 Å². The molecule has 1 N–H and O–H groups in total. The summed E-state index contributed by atoms with van der Waals surface area (Å²) in [5.74, 6) is 0.506. The fourth-order valence-electron chi connectivity index (χ4n) is 3.14. The lowest BCUT2D eigenvalue weighted by Crippen LogP contribution is -2.43. The highest BCUT2D eigenvalue weighted by Gasteiger charge is 2.24. The van der Waals surface area contributed by atoms with E-state index in [4.69, 9.17) is 9.47 Å². The first kappa shape index (κ1) is 18.8. The van der Waals surface area contributed by atoms with E-state index in [0.29, 0.717) is 19.7 Å². The van der Waals surface area contributed by atoms with E-state index in [1.54, 1.807) is 6.07 Å². The van der Waals surface area contributed by atoms with Gasteiger partial charge in [0.05, 0.1) is 12.7 Å². The number of ether oxygens (including phenoxy) is 2. The summed E-state index contributed by atoms with van der Waals surface area (Å²) < 4.78 is 24.9. The van der Waals surface area contributed by atoms with Crippen molar-refractivity contribution in [1.29, 1.82) is 0 Å². The summed E-state index contributed by atoms with van der Waals surface area (Å²) >= 11 is 0. The molecule has 0 radical (unpaired) electrons. The summed E-state index contributed by atoms with van der Waals surface area (Å²) in [7, 11) is 0. The molecule has 2 aromatic carbocycles. The highest BCUT2D eigenvalue weighted by molar-refractivity contribution is 5.27. The van der Waals surface area contributed by atoms with Gasteiger partial charge in [-0.2, -0.15) is 0 Å². The molecule has 1 aliphatic heterocycles. The van der Waals surface area contributed by atoms with Crippen LogP contribution in [0.25, 0.3) is 0 Å². The molecule has 1 aliphatic rings. The fraction of sp³-hybridized carbons (Fsp3) is 0.429. The number of benzene rings is 2. The number of aliphatic hydroxyl groups excluding tert-OH is 1. The van der Waals surface area contributed by atoms with Crippen molar-refractivity contribution in [3.8, 4) is 5.75 Å². The van der Waals surface area contributed by atoms with Gasteiger partial charge in [-0.05, 0) is 41.8 Å². The molecule has 0 amide bonds. The van der Waals surface area contributed by atoms with E-state index in [-0.39, 0.29) is 18.5 Å². The maximum absolute atomic E-state index is 13.4. The highest BCUT2D eigenvalue weighted by Crippen LogP contribution is 2.23. The molecular weight excluding hydrogens is 333 g/mol. The standard InChI is InChI=1S/C21H26FNO3/c1-2-16-6-8-20(9-7-16)26-15-19(24)13-23-10-11-25-21(14-23)17-4-3-5-18(22)12-17/h3-9,12,19,21,24H,2,10-11,13-15H2,1H3. The van der Waals surface area contributed by atoms with Crippen LogP contribution in [0.1, 0.15) is 24.2 Å². The van der Waals surface area contributed by atoms with Crippen LogP contribution in [-0.4, -0.2) is 49.0 Å². The summed E-state index contributed by atoms with van der Waals surface area (Å²) in [6.07, 6.45) is 0.230. The van der Waals surface area contributed by atoms with E-state index >= 15 is 0 Å². The van der Waals surface area contributed by atoms with Crippen molar-refractivity contribution in [3.05, 3.63) is 65.5 Å². The van der Waals surface area contributed by atoms with Gasteiger partial charge in [0, 0.05) is 19.6 Å². The number of hydrogen-bond acceptors (Lipinski definition) is 4. The predicted octanol–water partition coefficient (Wildman–Crippen LogP) is 3.20. The minimum atomic E-state index is -0.591. The van der Waals surface area contributed by atoms with E-state index in [0.717, 1.165) is 24.3 Å². The molecule has 0 aromatic heterocycles. The average Bonchev–Trinajstić information content (AvgIpc) is 2.67. The molecule has 2 atom stereocenters. The molecule has 1 heterocycles. The number of aryl methyl sites for hydroxylation is 1. The van der Waals surface area contributed by atoms with Gasteiger partial charge in [-0.15, -0.1) is 0 Å². The van der Waals surface area contributed by atoms with Crippen LogP contribution in [0.2, 0.25) is 0 Å². The number of morpholine rings is 1. The van der Waals surface area contributed by atoms with Crippen LogP contribution in [0.15, 0.2) is 48.5 Å². The Morgan fingerprint density at radius 1 is 1.27 bits per heavy atom. The summed E-state index contributed by atoms with van der Waals surface area (Å²) in [6, 6.07) is 14.4. The van der Waals surface area contributed by atoms with E-state index in [2.05, 4.69) is 11.8 Å². The maximum atomic E-state index is 13.4. The van der Waals surface area contributed by atoms with Gasteiger partial charge in [-0.3, -0.25) is 4.90 Å². The molecule has 140 valence electrons. The van der Waals surface area contributed by atoms with Crippen LogP contribution in [0.5, 0.6) is 5.75 Å². The molecule has 0 aliphatic carbocycles. The Morgan fingerprint density at radius 2 is 2.08 bits per heavy atom. The Kier molecular flexibility index (Phi) is 6.61. The van der Waals surface area contributed by atoms with Crippen molar-refractivity contribution in [1.82, 2.24) is 4.90 Å². The maximum Gasteiger partial charge on any atom is 0.123 e. The molecule has 1 fully saturated rings. The fourth-order valence-corrected chi connectivity index (χ4v) is 3.14. The zero-order valence-electron chi connectivity index (χ0n) is 15.1. The largest absolute Gasteiger partial charge is 0.491 e. The number of rotatable bonds is 7. The highest BCUT2D eigenvalue weighted by atomic mass is 19.1. The van der Waals surface area contributed by atoms with Crippen molar-refractivity contribution in [3.63, 3.8) is 0 Å². The normalized spacial score (nSPS) is 19.3. The van der Waals surface area contributed by atoms with E-state index in [1.165, 1.54) is 17.7 Å². The van der Waals surface area contributed by atoms with Gasteiger partial charge >= 0.3 is 0 Å². The number of β-amino-alcohol motifs (C(OH)–C–C–N with tert-alkyl or cyclic N) is 1. The van der Waals surface area contributed by atoms with Crippen molar-refractivity contribution in [2.75, 3.05) is 32.8 Å². The Hall–Kier alpha value is -1.95. The summed E-state index contributed by atoms with van der Waals surface area (Å²) in [5, 5.41) is 10.3. The Morgan fingerprint density at radius 3 is 2.81 bits per heavy atom. The Balaban J connectivity index is 1.48. The second kappa shape index (κ2) is 9.12. The van der Waals surface area contributed by atoms with Crippen molar-refractivity contribution < 1.29 is 19.0 Å². The van der Waals surface area contributed by atoms with Gasteiger partial charge in [0.1, 0.15) is 24.3 Å². The molecule has 3 rings (SSSR count). The molecule has 4 nitrogen and oxygen atoms in total. The van der Waals surface area contributed by atoms with E-state index in [9.17, 15) is 9.50 Å². The van der Waals surface area contributed by atoms with E-state index < -0.39 is 6.10 Å². The van der Waals surface area contributed by atoms with Crippen LogP contribution in [-0.2, 0) is 11.2 Å². The number of nitrogens with zero attached hydrogens (tertiary/aromatic N) is 1. The van der Waals surface area contributed by atoms with Crippen LogP contribution < -0.4 is 4.74 Å². The zero-order valence-corrected chi connectivity index (χ0v) is 15.1. The minimum Gasteiger partial charge on any atom is -0.491 e. The topological polar surface area (TPSA) is 41.9 Å². The Labute approximate surface area is 154 Å². The molecule has 26 heavy (non-hydrogen) atoms. The predicted molar refractivity (Wildman–Crippen MR) is 98.9 cm³/mol. The van der Waals surface area contributed by atoms with Gasteiger partial charge < -0.3 is 14.6 Å². The van der Waals surface area contributed by atoms with Crippen molar-refractivity contribution >= 4 is 0 Å². The minimum absolute atomic E-state index is 0.172. The molecule has 0 saturated carbocycles. The second-order valence-corrected chi connectivity index (χ2v) is 6.64. The first-order valence-corrected chi connectivity index (χ1v) is 9.13. The number of hydrogen-bond donors (Lipinski definition) is 1. The molecule has 0 bridgehead atoms. The molecular formula is C21H26FNO3. The lowest BCUT2D eigenvalue weighted by atomic mass is 10.1. The van der Waals surface area contributed by atoms with Gasteiger partial charge in [0.25, 0.3) is 0 Å². The van der Waals surface area contributed by atoms with Crippen LogP contribution in [0.4, 0.5) is 4.39 Å². The molecule has 2 unspecified atom stereocenters. The SMILES string of the molecule is CCc1ccc(OCC(O)CN2CCOC(c3cccc(F)c3)C2)cc1. The third kappa shape index (κ3) is 5.27. The quantitative estimate of drug-likeness (QED) is 0.824. The second-order valence-electron chi connectivity index (χ2n) is 6.64. The molecule has 2 aromatic rings. The molecule has 5 heteroatoms.